The molecular weight excluding hydrogens is 350 g/mol. The van der Waals surface area contributed by atoms with Crippen molar-refractivity contribution in [1.82, 2.24) is 9.97 Å². The van der Waals surface area contributed by atoms with Gasteiger partial charge in [0.1, 0.15) is 18.7 Å². The number of hydrogen-bond acceptors (Lipinski definition) is 6. The van der Waals surface area contributed by atoms with E-state index in [0.29, 0.717) is 12.4 Å². The van der Waals surface area contributed by atoms with Gasteiger partial charge in [0.15, 0.2) is 5.82 Å². The Morgan fingerprint density at radius 3 is 2.82 bits per heavy atom. The van der Waals surface area contributed by atoms with Crippen molar-refractivity contribution in [3.05, 3.63) is 83.8 Å². The van der Waals surface area contributed by atoms with Crippen molar-refractivity contribution in [3.8, 4) is 5.75 Å². The molecule has 0 fully saturated rings. The van der Waals surface area contributed by atoms with Crippen molar-refractivity contribution in [1.29, 1.82) is 0 Å². The zero-order valence-corrected chi connectivity index (χ0v) is 15.0. The summed E-state index contributed by atoms with van der Waals surface area (Å²) < 4.78 is 5.80. The molecule has 0 saturated heterocycles. The molecule has 0 atom stereocenters. The summed E-state index contributed by atoms with van der Waals surface area (Å²) in [4.78, 5) is 21.9. The summed E-state index contributed by atoms with van der Waals surface area (Å²) in [6.07, 6.45) is 13.8. The number of nitrogens with zero attached hydrogens (tertiary/aromatic N) is 5. The first-order valence-corrected chi connectivity index (χ1v) is 8.78. The highest BCUT2D eigenvalue weighted by Gasteiger charge is 2.04. The molecule has 28 heavy (non-hydrogen) atoms. The molecule has 0 aliphatic carbocycles. The van der Waals surface area contributed by atoms with Crippen LogP contribution in [0.15, 0.2) is 88.2 Å². The lowest BCUT2D eigenvalue weighted by Crippen LogP contribution is -2.23. The molecule has 2 aromatic carbocycles. The maximum absolute atomic E-state index is 5.80. The number of fused-ring (bicyclic) bond motifs is 2. The van der Waals surface area contributed by atoms with E-state index in [0.717, 1.165) is 27.2 Å². The summed E-state index contributed by atoms with van der Waals surface area (Å²) in [6.45, 7) is 0.443. The summed E-state index contributed by atoms with van der Waals surface area (Å²) in [5.74, 6) is 1.32. The number of rotatable bonds is 0. The van der Waals surface area contributed by atoms with Crippen molar-refractivity contribution in [2.75, 3.05) is 6.61 Å². The maximum atomic E-state index is 5.80. The third kappa shape index (κ3) is 4.24. The van der Waals surface area contributed by atoms with Gasteiger partial charge in [0.25, 0.3) is 0 Å². The van der Waals surface area contributed by atoms with E-state index in [1.165, 1.54) is 6.33 Å². The van der Waals surface area contributed by atoms with E-state index in [-0.39, 0.29) is 0 Å². The average molecular weight is 367 g/mol. The van der Waals surface area contributed by atoms with Crippen LogP contribution in [0.1, 0.15) is 0 Å². The molecule has 0 saturated carbocycles. The Hall–Kier alpha value is -3.93. The number of aliphatic imine (C=N–C) groups is 2. The van der Waals surface area contributed by atoms with Crippen molar-refractivity contribution in [2.24, 2.45) is 15.0 Å². The lowest BCUT2D eigenvalue weighted by Gasteiger charge is -2.06. The van der Waals surface area contributed by atoms with Gasteiger partial charge < -0.3 is 4.74 Å². The normalized spacial score (nSPS) is 13.9. The summed E-state index contributed by atoms with van der Waals surface area (Å²) in [5, 5.41) is 2.48. The van der Waals surface area contributed by atoms with Crippen LogP contribution < -0.4 is 15.3 Å². The molecular formula is C22H17N5O. The van der Waals surface area contributed by atoms with Gasteiger partial charge in [-0.3, -0.25) is 9.98 Å². The van der Waals surface area contributed by atoms with Gasteiger partial charge in [0, 0.05) is 35.4 Å². The zero-order chi connectivity index (χ0) is 19.0. The van der Waals surface area contributed by atoms with E-state index in [1.807, 2.05) is 60.7 Å². The van der Waals surface area contributed by atoms with E-state index >= 15 is 0 Å². The van der Waals surface area contributed by atoms with E-state index in [9.17, 15) is 0 Å². The summed E-state index contributed by atoms with van der Waals surface area (Å²) in [5.41, 5.74) is 0.810. The van der Waals surface area contributed by atoms with Crippen LogP contribution in [-0.2, 0) is 0 Å². The molecule has 3 aromatic rings. The van der Waals surface area contributed by atoms with Gasteiger partial charge in [-0.1, -0.05) is 24.3 Å². The van der Waals surface area contributed by atoms with Gasteiger partial charge in [-0.25, -0.2) is 15.0 Å². The molecule has 6 heteroatoms. The Kier molecular flexibility index (Phi) is 5.39. The van der Waals surface area contributed by atoms with Crippen LogP contribution >= 0.6 is 0 Å². The van der Waals surface area contributed by atoms with Gasteiger partial charge in [0.2, 0.25) is 0 Å². The first kappa shape index (κ1) is 17.5. The summed E-state index contributed by atoms with van der Waals surface area (Å²) in [6, 6.07) is 13.5. The third-order valence-electron chi connectivity index (χ3n) is 3.97. The number of allylic oxidation sites excluding steroid dienone is 2. The summed E-state index contributed by atoms with van der Waals surface area (Å²) >= 11 is 0. The molecule has 0 spiro atoms. The van der Waals surface area contributed by atoms with Crippen molar-refractivity contribution < 1.29 is 4.74 Å². The van der Waals surface area contributed by atoms with Gasteiger partial charge in [-0.15, -0.1) is 0 Å². The van der Waals surface area contributed by atoms with Crippen molar-refractivity contribution in [2.45, 2.75) is 0 Å². The van der Waals surface area contributed by atoms with Crippen LogP contribution in [0.4, 0.5) is 5.82 Å². The Morgan fingerprint density at radius 2 is 1.82 bits per heavy atom. The van der Waals surface area contributed by atoms with Crippen LogP contribution in [0, 0.1) is 0 Å². The second-order valence-corrected chi connectivity index (χ2v) is 5.85. The molecule has 1 aliphatic heterocycles. The van der Waals surface area contributed by atoms with E-state index in [2.05, 4.69) is 20.0 Å². The Labute approximate surface area is 161 Å². The maximum Gasteiger partial charge on any atom is 0.163 e. The number of ether oxygens (including phenoxy) is 1. The lowest BCUT2D eigenvalue weighted by molar-refractivity contribution is 0.363. The molecule has 4 rings (SSSR count). The molecule has 2 heterocycles. The number of aromatic nitrogens is 2. The minimum absolute atomic E-state index is 0.443. The monoisotopic (exact) mass is 367 g/mol. The fourth-order valence-corrected chi connectivity index (χ4v) is 2.64. The average Bonchev–Trinajstić information content (AvgIpc) is 2.73. The Bertz CT molecular complexity index is 1230. The second kappa shape index (κ2) is 8.64. The van der Waals surface area contributed by atoms with Gasteiger partial charge in [0.05, 0.1) is 10.9 Å². The molecule has 0 radical (unpaired) electrons. The van der Waals surface area contributed by atoms with Gasteiger partial charge in [-0.2, -0.15) is 0 Å². The van der Waals surface area contributed by atoms with Crippen LogP contribution in [0.2, 0.25) is 0 Å². The molecule has 0 unspecified atom stereocenters. The number of para-hydroxylation sites is 1. The minimum Gasteiger partial charge on any atom is -0.490 e. The molecule has 1 aliphatic rings. The summed E-state index contributed by atoms with van der Waals surface area (Å²) in [7, 11) is 0. The first-order valence-electron chi connectivity index (χ1n) is 8.78. The van der Waals surface area contributed by atoms with Crippen molar-refractivity contribution >= 4 is 35.3 Å². The third-order valence-corrected chi connectivity index (χ3v) is 3.97. The SMILES string of the molecule is C1=CCOc2ccc3ncnc(c3c2)N=c2ccccc2=CN=CC=NC=C1. The van der Waals surface area contributed by atoms with Gasteiger partial charge in [-0.05, 0) is 36.4 Å². The van der Waals surface area contributed by atoms with Crippen molar-refractivity contribution in [3.63, 3.8) is 0 Å². The molecule has 0 amide bonds. The highest BCUT2D eigenvalue weighted by atomic mass is 16.5. The predicted octanol–water partition coefficient (Wildman–Crippen LogP) is 2.92. The highest BCUT2D eigenvalue weighted by Crippen LogP contribution is 2.25. The van der Waals surface area contributed by atoms with E-state index in [1.54, 1.807) is 24.8 Å². The number of benzene rings is 2. The quantitative estimate of drug-likeness (QED) is 0.613. The largest absolute Gasteiger partial charge is 0.490 e. The Balaban J connectivity index is 1.91. The standard InChI is InChI=1S/C22H17N5O/c1-4-10-23-11-12-24-15-17-6-2-3-7-20(17)27-22-19-14-18(28-13-5-1)8-9-21(19)25-16-26-22/h1-12,14-16H,13H2. The van der Waals surface area contributed by atoms with Gasteiger partial charge >= 0.3 is 0 Å². The van der Waals surface area contributed by atoms with E-state index < -0.39 is 0 Å². The van der Waals surface area contributed by atoms with Crippen LogP contribution in [-0.4, -0.2) is 29.0 Å². The molecule has 136 valence electrons. The van der Waals surface area contributed by atoms with Crippen LogP contribution in [0.3, 0.4) is 0 Å². The molecule has 1 aromatic heterocycles. The fourth-order valence-electron chi connectivity index (χ4n) is 2.64. The van der Waals surface area contributed by atoms with E-state index in [4.69, 9.17) is 9.73 Å². The molecule has 0 N–H and O–H groups in total. The minimum atomic E-state index is 0.443. The Morgan fingerprint density at radius 1 is 0.893 bits per heavy atom. The highest BCUT2D eigenvalue weighted by molar-refractivity contribution is 6.16. The van der Waals surface area contributed by atoms with Crippen LogP contribution in [0.25, 0.3) is 17.1 Å². The topological polar surface area (TPSA) is 72.1 Å². The lowest BCUT2D eigenvalue weighted by atomic mass is 10.2. The second-order valence-electron chi connectivity index (χ2n) is 5.85. The number of hydrogen-bond donors (Lipinski definition) is 0. The predicted molar refractivity (Wildman–Crippen MR) is 112 cm³/mol. The van der Waals surface area contributed by atoms with Crippen LogP contribution in [0.5, 0.6) is 5.75 Å². The zero-order valence-electron chi connectivity index (χ0n) is 15.0. The molecule has 2 bridgehead atoms. The molecule has 6 nitrogen and oxygen atoms in total. The smallest absolute Gasteiger partial charge is 0.163 e. The fraction of sp³-hybridized carbons (Fsp3) is 0.0455. The first-order chi connectivity index (χ1) is 13.9.